The van der Waals surface area contributed by atoms with E-state index < -0.39 is 0 Å². The second-order valence-corrected chi connectivity index (χ2v) is 5.48. The lowest BCUT2D eigenvalue weighted by Crippen LogP contribution is -2.38. The van der Waals surface area contributed by atoms with E-state index in [9.17, 15) is 0 Å². The Balaban J connectivity index is 1.81. The second kappa shape index (κ2) is 4.97. The van der Waals surface area contributed by atoms with Gasteiger partial charge >= 0.3 is 0 Å². The van der Waals surface area contributed by atoms with E-state index in [0.717, 1.165) is 24.5 Å². The molecule has 0 spiro atoms. The quantitative estimate of drug-likeness (QED) is 0.868. The summed E-state index contributed by atoms with van der Waals surface area (Å²) >= 11 is 6.28. The van der Waals surface area contributed by atoms with Gasteiger partial charge in [-0.05, 0) is 56.1 Å². The van der Waals surface area contributed by atoms with Gasteiger partial charge in [-0.25, -0.2) is 0 Å². The third kappa shape index (κ3) is 2.35. The van der Waals surface area contributed by atoms with Crippen LogP contribution in [0.1, 0.15) is 30.0 Å². The van der Waals surface area contributed by atoms with Crippen LogP contribution in [0.25, 0.3) is 0 Å². The van der Waals surface area contributed by atoms with E-state index in [1.807, 2.05) is 6.07 Å². The predicted molar refractivity (Wildman–Crippen MR) is 71.6 cm³/mol. The Morgan fingerprint density at radius 3 is 2.94 bits per heavy atom. The minimum absolute atomic E-state index is 0.468. The molecule has 1 aromatic carbocycles. The summed E-state index contributed by atoms with van der Waals surface area (Å²) < 4.78 is 0. The third-order valence-corrected chi connectivity index (χ3v) is 4.29. The lowest BCUT2D eigenvalue weighted by molar-refractivity contribution is 0.287. The highest BCUT2D eigenvalue weighted by atomic mass is 35.5. The Morgan fingerprint density at radius 2 is 2.12 bits per heavy atom. The molecular weight excluding hydrogens is 232 g/mol. The number of benzene rings is 1. The van der Waals surface area contributed by atoms with Crippen molar-refractivity contribution < 1.29 is 0 Å². The van der Waals surface area contributed by atoms with Crippen molar-refractivity contribution in [2.45, 2.75) is 25.3 Å². The molecule has 2 aliphatic heterocycles. The molecule has 1 atom stereocenters. The number of halogens is 1. The summed E-state index contributed by atoms with van der Waals surface area (Å²) in [5, 5.41) is 4.57. The highest BCUT2D eigenvalue weighted by Gasteiger charge is 2.24. The topological polar surface area (TPSA) is 15.3 Å². The lowest BCUT2D eigenvalue weighted by Gasteiger charge is -2.30. The highest BCUT2D eigenvalue weighted by Crippen LogP contribution is 2.29. The van der Waals surface area contributed by atoms with Crippen molar-refractivity contribution in [2.75, 3.05) is 26.2 Å². The summed E-state index contributed by atoms with van der Waals surface area (Å²) in [6, 6.07) is 6.79. The van der Waals surface area contributed by atoms with Crippen molar-refractivity contribution in [3.05, 3.63) is 34.3 Å². The molecule has 0 unspecified atom stereocenters. The van der Waals surface area contributed by atoms with Gasteiger partial charge in [0.05, 0.1) is 0 Å². The van der Waals surface area contributed by atoms with Crippen LogP contribution in [0.3, 0.4) is 0 Å². The van der Waals surface area contributed by atoms with Crippen LogP contribution in [0.5, 0.6) is 0 Å². The number of fused-ring (bicyclic) bond motifs is 1. The molecule has 1 N–H and O–H groups in total. The summed E-state index contributed by atoms with van der Waals surface area (Å²) in [4.78, 5) is 2.56. The van der Waals surface area contributed by atoms with E-state index in [1.54, 1.807) is 0 Å². The molecule has 92 valence electrons. The largest absolute Gasteiger partial charge is 0.309 e. The van der Waals surface area contributed by atoms with Crippen LogP contribution < -0.4 is 5.32 Å². The fourth-order valence-corrected chi connectivity index (χ4v) is 3.31. The molecule has 1 fully saturated rings. The Morgan fingerprint density at radius 1 is 1.29 bits per heavy atom. The standard InChI is InChI=1S/C14H19ClN2/c15-13-5-3-4-12-11(13)6-7-16-14(12)10-17-8-1-2-9-17/h3-5,14,16H,1-2,6-10H2/t14-/m0/s1. The van der Waals surface area contributed by atoms with Gasteiger partial charge in [0.25, 0.3) is 0 Å². The van der Waals surface area contributed by atoms with E-state index in [2.05, 4.69) is 22.3 Å². The zero-order valence-corrected chi connectivity index (χ0v) is 10.8. The first-order valence-corrected chi connectivity index (χ1v) is 6.95. The first-order chi connectivity index (χ1) is 8.34. The van der Waals surface area contributed by atoms with Gasteiger partial charge in [-0.15, -0.1) is 0 Å². The van der Waals surface area contributed by atoms with Crippen LogP contribution in [0.2, 0.25) is 5.02 Å². The normalized spacial score (nSPS) is 24.9. The lowest BCUT2D eigenvalue weighted by atomic mass is 9.94. The van der Waals surface area contributed by atoms with Gasteiger partial charge < -0.3 is 10.2 Å². The number of hydrogen-bond acceptors (Lipinski definition) is 2. The number of nitrogens with one attached hydrogen (secondary N) is 1. The molecule has 2 nitrogen and oxygen atoms in total. The summed E-state index contributed by atoms with van der Waals surface area (Å²) in [5.74, 6) is 0. The molecule has 0 aliphatic carbocycles. The van der Waals surface area contributed by atoms with Crippen molar-refractivity contribution in [1.29, 1.82) is 0 Å². The minimum Gasteiger partial charge on any atom is -0.309 e. The summed E-state index contributed by atoms with van der Waals surface area (Å²) in [6.45, 7) is 4.70. The van der Waals surface area contributed by atoms with Crippen LogP contribution in [0.4, 0.5) is 0 Å². The van der Waals surface area contributed by atoms with Crippen molar-refractivity contribution >= 4 is 11.6 Å². The van der Waals surface area contributed by atoms with Gasteiger partial charge in [0.2, 0.25) is 0 Å². The van der Waals surface area contributed by atoms with E-state index in [4.69, 9.17) is 11.6 Å². The highest BCUT2D eigenvalue weighted by molar-refractivity contribution is 6.31. The van der Waals surface area contributed by atoms with Crippen molar-refractivity contribution in [3.8, 4) is 0 Å². The van der Waals surface area contributed by atoms with Gasteiger partial charge in [0.15, 0.2) is 0 Å². The smallest absolute Gasteiger partial charge is 0.0452 e. The van der Waals surface area contributed by atoms with Gasteiger partial charge in [-0.3, -0.25) is 0 Å². The van der Waals surface area contributed by atoms with Gasteiger partial charge in [-0.2, -0.15) is 0 Å². The average Bonchev–Trinajstić information content (AvgIpc) is 2.83. The van der Waals surface area contributed by atoms with Gasteiger partial charge in [0, 0.05) is 17.6 Å². The van der Waals surface area contributed by atoms with Crippen LogP contribution >= 0.6 is 11.6 Å². The Kier molecular flexibility index (Phi) is 3.37. The average molecular weight is 251 g/mol. The van der Waals surface area contributed by atoms with Crippen LogP contribution in [-0.2, 0) is 6.42 Å². The second-order valence-electron chi connectivity index (χ2n) is 5.07. The van der Waals surface area contributed by atoms with Crippen LogP contribution in [-0.4, -0.2) is 31.1 Å². The molecule has 2 heterocycles. The molecule has 0 radical (unpaired) electrons. The molecule has 17 heavy (non-hydrogen) atoms. The Hall–Kier alpha value is -0.570. The zero-order chi connectivity index (χ0) is 11.7. The molecule has 3 rings (SSSR count). The number of likely N-dealkylation sites (tertiary alicyclic amines) is 1. The molecule has 0 bridgehead atoms. The summed E-state index contributed by atoms with van der Waals surface area (Å²) in [6.07, 6.45) is 3.77. The monoisotopic (exact) mass is 250 g/mol. The van der Waals surface area contributed by atoms with E-state index in [-0.39, 0.29) is 0 Å². The van der Waals surface area contributed by atoms with E-state index in [0.29, 0.717) is 6.04 Å². The van der Waals surface area contributed by atoms with Gasteiger partial charge in [0.1, 0.15) is 0 Å². The minimum atomic E-state index is 0.468. The molecule has 0 aromatic heterocycles. The maximum absolute atomic E-state index is 6.28. The van der Waals surface area contributed by atoms with E-state index in [1.165, 1.54) is 37.1 Å². The number of nitrogens with zero attached hydrogens (tertiary/aromatic N) is 1. The molecule has 1 aromatic rings. The maximum Gasteiger partial charge on any atom is 0.0452 e. The molecule has 0 amide bonds. The summed E-state index contributed by atoms with van der Waals surface area (Å²) in [7, 11) is 0. The first kappa shape index (κ1) is 11.5. The Bertz CT molecular complexity index is 399. The van der Waals surface area contributed by atoms with Crippen LogP contribution in [0.15, 0.2) is 18.2 Å². The molecule has 1 saturated heterocycles. The molecule has 3 heteroatoms. The summed E-state index contributed by atoms with van der Waals surface area (Å²) in [5.41, 5.74) is 2.77. The fraction of sp³-hybridized carbons (Fsp3) is 0.571. The number of hydrogen-bond donors (Lipinski definition) is 1. The van der Waals surface area contributed by atoms with Crippen molar-refractivity contribution in [3.63, 3.8) is 0 Å². The van der Waals surface area contributed by atoms with Crippen LogP contribution in [0, 0.1) is 0 Å². The maximum atomic E-state index is 6.28. The van der Waals surface area contributed by atoms with E-state index >= 15 is 0 Å². The van der Waals surface area contributed by atoms with Gasteiger partial charge in [-0.1, -0.05) is 23.7 Å². The van der Waals surface area contributed by atoms with Crippen molar-refractivity contribution in [1.82, 2.24) is 10.2 Å². The third-order valence-electron chi connectivity index (χ3n) is 3.94. The predicted octanol–water partition coefficient (Wildman–Crippen LogP) is 2.62. The SMILES string of the molecule is Clc1cccc2c1CCN[C@H]2CN1CCCC1. The Labute approximate surface area is 108 Å². The molecular formula is C14H19ClN2. The zero-order valence-electron chi connectivity index (χ0n) is 10.1. The fourth-order valence-electron chi connectivity index (χ4n) is 3.03. The molecule has 0 saturated carbocycles. The molecule has 2 aliphatic rings. The number of rotatable bonds is 2. The van der Waals surface area contributed by atoms with Crippen molar-refractivity contribution in [2.24, 2.45) is 0 Å². The first-order valence-electron chi connectivity index (χ1n) is 6.57.